The quantitative estimate of drug-likeness (QED) is 0.729. The SMILES string of the molecule is C[CH2][Ge]([Cl])([CH2]C)[CH2]C(C)O. The molecule has 10 heavy (non-hydrogen) atoms. The Kier molecular flexibility index (Phi) is 4.99. The summed E-state index contributed by atoms with van der Waals surface area (Å²) in [5.74, 6) is 0. The van der Waals surface area contributed by atoms with Crippen molar-refractivity contribution < 1.29 is 5.11 Å². The van der Waals surface area contributed by atoms with Gasteiger partial charge in [-0.25, -0.2) is 0 Å². The van der Waals surface area contributed by atoms with Gasteiger partial charge in [0.15, 0.2) is 0 Å². The Balaban J connectivity index is 3.80. The van der Waals surface area contributed by atoms with Crippen LogP contribution in [-0.2, 0) is 0 Å². The molecular formula is C7H17ClGeO. The van der Waals surface area contributed by atoms with E-state index in [0.29, 0.717) is 0 Å². The zero-order valence-electron chi connectivity index (χ0n) is 7.02. The molecule has 1 unspecified atom stereocenters. The topological polar surface area (TPSA) is 20.2 Å². The van der Waals surface area contributed by atoms with E-state index < -0.39 is 12.3 Å². The molecule has 0 aromatic heterocycles. The van der Waals surface area contributed by atoms with Crippen molar-refractivity contribution in [3.05, 3.63) is 0 Å². The van der Waals surface area contributed by atoms with Gasteiger partial charge in [0.05, 0.1) is 0 Å². The fourth-order valence-corrected chi connectivity index (χ4v) is 6.71. The van der Waals surface area contributed by atoms with Crippen molar-refractivity contribution in [2.45, 2.75) is 42.6 Å². The predicted octanol–water partition coefficient (Wildman–Crippen LogP) is 2.59. The maximum atomic E-state index is 9.11. The molecule has 0 rings (SSSR count). The van der Waals surface area contributed by atoms with Gasteiger partial charge in [0.1, 0.15) is 0 Å². The first-order valence-electron chi connectivity index (χ1n) is 3.91. The summed E-state index contributed by atoms with van der Waals surface area (Å²) in [7, 11) is 6.33. The number of rotatable bonds is 4. The first kappa shape index (κ1) is 10.8. The molecule has 1 nitrogen and oxygen atoms in total. The second-order valence-corrected chi connectivity index (χ2v) is 15.7. The summed E-state index contributed by atoms with van der Waals surface area (Å²) < 4.78 is 0. The van der Waals surface area contributed by atoms with Crippen LogP contribution in [0.15, 0.2) is 0 Å². The number of aliphatic hydroxyl groups excluding tert-OH is 1. The van der Waals surface area contributed by atoms with E-state index >= 15 is 0 Å². The van der Waals surface area contributed by atoms with Gasteiger partial charge in [-0.05, 0) is 0 Å². The average Bonchev–Trinajstić information content (AvgIpc) is 1.87. The minimum absolute atomic E-state index is 0.197. The average molecular weight is 225 g/mol. The third kappa shape index (κ3) is 3.84. The number of aliphatic hydroxyl groups is 1. The van der Waals surface area contributed by atoms with E-state index in [4.69, 9.17) is 15.1 Å². The number of hydrogen-bond donors (Lipinski definition) is 1. The van der Waals surface area contributed by atoms with Crippen LogP contribution in [0.1, 0.15) is 20.8 Å². The molecule has 0 spiro atoms. The molecule has 62 valence electrons. The molecule has 0 saturated carbocycles. The first-order valence-corrected chi connectivity index (χ1v) is 11.1. The van der Waals surface area contributed by atoms with Gasteiger partial charge in [-0.15, -0.1) is 0 Å². The summed E-state index contributed by atoms with van der Waals surface area (Å²) in [5.41, 5.74) is 0. The fourth-order valence-electron chi connectivity index (χ4n) is 1.07. The van der Waals surface area contributed by atoms with Gasteiger partial charge >= 0.3 is 70.1 Å². The van der Waals surface area contributed by atoms with E-state index in [1.165, 1.54) is 0 Å². The molecule has 0 aliphatic heterocycles. The Bertz CT molecular complexity index is 91.6. The first-order chi connectivity index (χ1) is 4.54. The second-order valence-electron chi connectivity index (χ2n) is 2.91. The van der Waals surface area contributed by atoms with Gasteiger partial charge in [-0.3, -0.25) is 0 Å². The molecule has 3 heteroatoms. The Morgan fingerprint density at radius 2 is 1.80 bits per heavy atom. The summed E-state index contributed by atoms with van der Waals surface area (Å²) in [6.07, 6.45) is -0.197. The molecule has 0 heterocycles. The van der Waals surface area contributed by atoms with Crippen molar-refractivity contribution in [1.82, 2.24) is 0 Å². The van der Waals surface area contributed by atoms with Gasteiger partial charge in [-0.2, -0.15) is 0 Å². The zero-order valence-corrected chi connectivity index (χ0v) is 9.88. The molecule has 0 fully saturated rings. The summed E-state index contributed by atoms with van der Waals surface area (Å²) in [4.78, 5) is 0. The van der Waals surface area contributed by atoms with Crippen LogP contribution in [0.5, 0.6) is 0 Å². The molecule has 1 atom stereocenters. The van der Waals surface area contributed by atoms with Crippen molar-refractivity contribution >= 4 is 22.3 Å². The van der Waals surface area contributed by atoms with Gasteiger partial charge in [0.2, 0.25) is 0 Å². The van der Waals surface area contributed by atoms with Gasteiger partial charge in [-0.1, -0.05) is 0 Å². The monoisotopic (exact) mass is 226 g/mol. The molecule has 0 amide bonds. The van der Waals surface area contributed by atoms with Crippen LogP contribution in [0.25, 0.3) is 0 Å². The molecule has 0 aromatic rings. The van der Waals surface area contributed by atoms with E-state index in [1.807, 2.05) is 6.92 Å². The summed E-state index contributed by atoms with van der Waals surface area (Å²) in [6, 6.07) is 0. The van der Waals surface area contributed by atoms with Crippen LogP contribution in [-0.4, -0.2) is 23.5 Å². The summed E-state index contributed by atoms with van der Waals surface area (Å²) in [6.45, 7) is 6.10. The Morgan fingerprint density at radius 1 is 1.40 bits per heavy atom. The Hall–Kier alpha value is 0.793. The molecule has 0 aliphatic carbocycles. The third-order valence-corrected chi connectivity index (χ3v) is 13.6. The van der Waals surface area contributed by atoms with Crippen molar-refractivity contribution in [3.8, 4) is 0 Å². The number of halogens is 1. The molecule has 0 aromatic carbocycles. The van der Waals surface area contributed by atoms with Crippen LogP contribution >= 0.6 is 10.0 Å². The molecule has 1 N–H and O–H groups in total. The van der Waals surface area contributed by atoms with E-state index in [1.54, 1.807) is 0 Å². The zero-order chi connectivity index (χ0) is 8.20. The van der Waals surface area contributed by atoms with E-state index in [0.717, 1.165) is 15.8 Å². The maximum absolute atomic E-state index is 9.11. The van der Waals surface area contributed by atoms with Crippen LogP contribution in [0, 0.1) is 0 Å². The summed E-state index contributed by atoms with van der Waals surface area (Å²) >= 11 is -2.02. The fraction of sp³-hybridized carbons (Fsp3) is 1.00. The van der Waals surface area contributed by atoms with Gasteiger partial charge < -0.3 is 0 Å². The standard InChI is InChI=1S/C7H17ClGeO/c1-4-9(8,5-2)6-7(3)10/h7,10H,4-6H2,1-3H3. The van der Waals surface area contributed by atoms with Crippen molar-refractivity contribution in [2.24, 2.45) is 0 Å². The van der Waals surface area contributed by atoms with Crippen LogP contribution in [0.3, 0.4) is 0 Å². The predicted molar refractivity (Wildman–Crippen MR) is 49.1 cm³/mol. The normalized spacial score (nSPS) is 15.3. The minimum atomic E-state index is -2.02. The Morgan fingerprint density at radius 3 is 1.90 bits per heavy atom. The van der Waals surface area contributed by atoms with Crippen LogP contribution in [0.2, 0.25) is 15.8 Å². The van der Waals surface area contributed by atoms with Crippen molar-refractivity contribution in [3.63, 3.8) is 0 Å². The van der Waals surface area contributed by atoms with Crippen molar-refractivity contribution in [2.75, 3.05) is 0 Å². The van der Waals surface area contributed by atoms with E-state index in [9.17, 15) is 0 Å². The van der Waals surface area contributed by atoms with Crippen molar-refractivity contribution in [1.29, 1.82) is 0 Å². The molecular weight excluding hydrogens is 208 g/mol. The number of hydrogen-bond acceptors (Lipinski definition) is 1. The Labute approximate surface area is 70.3 Å². The molecule has 0 aliphatic rings. The molecule has 0 bridgehead atoms. The van der Waals surface area contributed by atoms with Gasteiger partial charge in [0.25, 0.3) is 0 Å². The van der Waals surface area contributed by atoms with Crippen LogP contribution < -0.4 is 0 Å². The van der Waals surface area contributed by atoms with E-state index in [-0.39, 0.29) is 6.10 Å². The van der Waals surface area contributed by atoms with Gasteiger partial charge in [0, 0.05) is 0 Å². The van der Waals surface area contributed by atoms with Crippen LogP contribution in [0.4, 0.5) is 0 Å². The molecule has 0 radical (unpaired) electrons. The molecule has 0 saturated heterocycles. The second kappa shape index (κ2) is 4.63. The summed E-state index contributed by atoms with van der Waals surface area (Å²) in [5, 5.41) is 12.2. The van der Waals surface area contributed by atoms with E-state index in [2.05, 4.69) is 13.8 Å². The third-order valence-electron chi connectivity index (χ3n) is 1.93.